The Balaban J connectivity index is 2.54. The van der Waals surface area contributed by atoms with Crippen LogP contribution in [-0.2, 0) is 0 Å². The molecule has 7 heteroatoms. The minimum absolute atomic E-state index is 0.238. The van der Waals surface area contributed by atoms with E-state index >= 15 is 0 Å². The Bertz CT molecular complexity index is 659. The van der Waals surface area contributed by atoms with E-state index in [1.807, 2.05) is 0 Å². The first-order chi connectivity index (χ1) is 8.54. The third kappa shape index (κ3) is 2.14. The molecule has 0 fully saturated rings. The van der Waals surface area contributed by atoms with Crippen LogP contribution in [0.15, 0.2) is 9.21 Å². The lowest BCUT2D eigenvalue weighted by Gasteiger charge is -2.01. The molecule has 1 amide bonds. The maximum absolute atomic E-state index is 11.9. The van der Waals surface area contributed by atoms with Gasteiger partial charge in [-0.3, -0.25) is 4.79 Å². The van der Waals surface area contributed by atoms with Crippen LogP contribution >= 0.6 is 11.3 Å². The SMILES string of the molecule is Cc1nc2sc(C(=O)NCCN)c(C)c2c(=O)o1. The number of aromatic nitrogens is 1. The Hall–Kier alpha value is -1.73. The number of carbonyl (C=O) groups excluding carboxylic acids is 1. The maximum Gasteiger partial charge on any atom is 0.348 e. The van der Waals surface area contributed by atoms with E-state index < -0.39 is 5.63 Å². The fourth-order valence-electron chi connectivity index (χ4n) is 1.65. The lowest BCUT2D eigenvalue weighted by molar-refractivity contribution is 0.0958. The van der Waals surface area contributed by atoms with Crippen molar-refractivity contribution in [3.63, 3.8) is 0 Å². The fraction of sp³-hybridized carbons (Fsp3) is 0.364. The monoisotopic (exact) mass is 267 g/mol. The molecular weight excluding hydrogens is 254 g/mol. The van der Waals surface area contributed by atoms with Crippen molar-refractivity contribution in [1.82, 2.24) is 10.3 Å². The Labute approximate surface area is 107 Å². The van der Waals surface area contributed by atoms with E-state index in [2.05, 4.69) is 10.3 Å². The molecule has 0 unspecified atom stereocenters. The molecule has 3 N–H and O–H groups in total. The fourth-order valence-corrected chi connectivity index (χ4v) is 2.78. The van der Waals surface area contributed by atoms with Gasteiger partial charge >= 0.3 is 5.63 Å². The summed E-state index contributed by atoms with van der Waals surface area (Å²) in [5, 5.41) is 3.05. The highest BCUT2D eigenvalue weighted by Crippen LogP contribution is 2.27. The zero-order valence-corrected chi connectivity index (χ0v) is 10.9. The van der Waals surface area contributed by atoms with Crippen molar-refractivity contribution in [3.05, 3.63) is 26.8 Å². The van der Waals surface area contributed by atoms with E-state index in [0.29, 0.717) is 39.6 Å². The number of hydrogen-bond donors (Lipinski definition) is 2. The maximum atomic E-state index is 11.9. The predicted octanol–water partition coefficient (Wildman–Crippen LogP) is 0.555. The van der Waals surface area contributed by atoms with Crippen molar-refractivity contribution in [1.29, 1.82) is 0 Å². The van der Waals surface area contributed by atoms with E-state index in [1.165, 1.54) is 11.3 Å². The number of nitrogens with one attached hydrogen (secondary N) is 1. The van der Waals surface area contributed by atoms with Crippen molar-refractivity contribution in [2.24, 2.45) is 5.73 Å². The highest BCUT2D eigenvalue weighted by Gasteiger charge is 2.19. The average Bonchev–Trinajstić information content (AvgIpc) is 2.63. The first-order valence-electron chi connectivity index (χ1n) is 5.43. The van der Waals surface area contributed by atoms with Gasteiger partial charge in [0.2, 0.25) is 0 Å². The van der Waals surface area contributed by atoms with Gasteiger partial charge in [0.05, 0.1) is 4.88 Å². The summed E-state index contributed by atoms with van der Waals surface area (Å²) in [5.74, 6) is 0.0562. The number of rotatable bonds is 3. The van der Waals surface area contributed by atoms with Crippen LogP contribution in [-0.4, -0.2) is 24.0 Å². The van der Waals surface area contributed by atoms with Crippen molar-refractivity contribution in [2.75, 3.05) is 13.1 Å². The second-order valence-corrected chi connectivity index (χ2v) is 4.80. The molecule has 18 heavy (non-hydrogen) atoms. The number of nitrogens with zero attached hydrogens (tertiary/aromatic N) is 1. The van der Waals surface area contributed by atoms with E-state index in [-0.39, 0.29) is 5.91 Å². The molecule has 0 aromatic carbocycles. The van der Waals surface area contributed by atoms with Crippen LogP contribution in [0.2, 0.25) is 0 Å². The average molecular weight is 267 g/mol. The van der Waals surface area contributed by atoms with Crippen LogP contribution < -0.4 is 16.7 Å². The van der Waals surface area contributed by atoms with Crippen LogP contribution in [0.5, 0.6) is 0 Å². The van der Waals surface area contributed by atoms with E-state index in [1.54, 1.807) is 13.8 Å². The summed E-state index contributed by atoms with van der Waals surface area (Å²) in [6, 6.07) is 0. The van der Waals surface area contributed by atoms with E-state index in [0.717, 1.165) is 0 Å². The highest BCUT2D eigenvalue weighted by atomic mass is 32.1. The quantitative estimate of drug-likeness (QED) is 0.846. The number of fused-ring (bicyclic) bond motifs is 1. The molecule has 0 aliphatic rings. The molecule has 96 valence electrons. The van der Waals surface area contributed by atoms with Gasteiger partial charge in [0.1, 0.15) is 10.2 Å². The van der Waals surface area contributed by atoms with E-state index in [9.17, 15) is 9.59 Å². The zero-order valence-electron chi connectivity index (χ0n) is 10.1. The summed E-state index contributed by atoms with van der Waals surface area (Å²) in [5.41, 5.74) is 5.47. The Morgan fingerprint density at radius 1 is 1.50 bits per heavy atom. The molecule has 2 aromatic rings. The standard InChI is InChI=1S/C11H13N3O3S/c1-5-7-10(14-6(2)17-11(7)16)18-8(5)9(15)13-4-3-12/h3-4,12H2,1-2H3,(H,13,15). The number of carbonyl (C=O) groups is 1. The molecule has 0 spiro atoms. The first kappa shape index (κ1) is 12.7. The highest BCUT2D eigenvalue weighted by molar-refractivity contribution is 7.20. The molecule has 0 aliphatic carbocycles. The van der Waals surface area contributed by atoms with Gasteiger partial charge in [0.25, 0.3) is 5.91 Å². The smallest absolute Gasteiger partial charge is 0.348 e. The van der Waals surface area contributed by atoms with Crippen molar-refractivity contribution in [2.45, 2.75) is 13.8 Å². The Morgan fingerprint density at radius 3 is 2.89 bits per heavy atom. The minimum atomic E-state index is -0.455. The van der Waals surface area contributed by atoms with Crippen LogP contribution in [0.1, 0.15) is 21.1 Å². The molecular formula is C11H13N3O3S. The summed E-state index contributed by atoms with van der Waals surface area (Å²) in [6.45, 7) is 4.08. The van der Waals surface area contributed by atoms with Gasteiger partial charge in [-0.2, -0.15) is 0 Å². The second-order valence-electron chi connectivity index (χ2n) is 3.80. The van der Waals surface area contributed by atoms with Gasteiger partial charge in [-0.25, -0.2) is 9.78 Å². The second kappa shape index (κ2) is 4.87. The summed E-state index contributed by atoms with van der Waals surface area (Å²) >= 11 is 1.19. The molecule has 0 bridgehead atoms. The van der Waals surface area contributed by atoms with Gasteiger partial charge in [-0.05, 0) is 12.5 Å². The normalized spacial score (nSPS) is 10.8. The van der Waals surface area contributed by atoms with Crippen LogP contribution in [0, 0.1) is 13.8 Å². The van der Waals surface area contributed by atoms with Crippen molar-refractivity contribution in [3.8, 4) is 0 Å². The largest absolute Gasteiger partial charge is 0.408 e. The first-order valence-corrected chi connectivity index (χ1v) is 6.25. The van der Waals surface area contributed by atoms with Crippen molar-refractivity contribution < 1.29 is 9.21 Å². The van der Waals surface area contributed by atoms with Gasteiger partial charge in [0.15, 0.2) is 5.89 Å². The molecule has 6 nitrogen and oxygen atoms in total. The third-order valence-corrected chi connectivity index (χ3v) is 3.65. The van der Waals surface area contributed by atoms with Crippen LogP contribution in [0.4, 0.5) is 0 Å². The Morgan fingerprint density at radius 2 is 2.22 bits per heavy atom. The predicted molar refractivity (Wildman–Crippen MR) is 69.0 cm³/mol. The number of hydrogen-bond acceptors (Lipinski definition) is 6. The lowest BCUT2D eigenvalue weighted by Crippen LogP contribution is -2.28. The van der Waals surface area contributed by atoms with E-state index in [4.69, 9.17) is 10.2 Å². The summed E-state index contributed by atoms with van der Waals surface area (Å²) in [4.78, 5) is 28.7. The minimum Gasteiger partial charge on any atom is -0.408 e. The molecule has 0 saturated heterocycles. The lowest BCUT2D eigenvalue weighted by atomic mass is 10.2. The molecule has 2 rings (SSSR count). The number of amides is 1. The summed E-state index contributed by atoms with van der Waals surface area (Å²) in [6.07, 6.45) is 0. The molecule has 0 radical (unpaired) electrons. The topological polar surface area (TPSA) is 98.2 Å². The Kier molecular flexibility index (Phi) is 3.44. The number of aryl methyl sites for hydroxylation is 2. The van der Waals surface area contributed by atoms with Crippen LogP contribution in [0.25, 0.3) is 10.2 Å². The van der Waals surface area contributed by atoms with Crippen LogP contribution in [0.3, 0.4) is 0 Å². The molecule has 2 aromatic heterocycles. The summed E-state index contributed by atoms with van der Waals surface area (Å²) < 4.78 is 4.93. The summed E-state index contributed by atoms with van der Waals surface area (Å²) in [7, 11) is 0. The molecule has 0 saturated carbocycles. The molecule has 2 heterocycles. The third-order valence-electron chi connectivity index (χ3n) is 2.47. The van der Waals surface area contributed by atoms with Gasteiger partial charge in [-0.1, -0.05) is 0 Å². The van der Waals surface area contributed by atoms with Crippen molar-refractivity contribution >= 4 is 27.5 Å². The van der Waals surface area contributed by atoms with Gasteiger partial charge < -0.3 is 15.5 Å². The van der Waals surface area contributed by atoms with Gasteiger partial charge in [0, 0.05) is 20.0 Å². The van der Waals surface area contributed by atoms with Gasteiger partial charge in [-0.15, -0.1) is 11.3 Å². The number of nitrogens with two attached hydrogens (primary N) is 1. The molecule has 0 aliphatic heterocycles. The molecule has 0 atom stereocenters. The zero-order chi connectivity index (χ0) is 13.3. The number of thiophene rings is 1.